The summed E-state index contributed by atoms with van der Waals surface area (Å²) in [6.45, 7) is 12.4. The first-order valence-corrected chi connectivity index (χ1v) is 11.3. The van der Waals surface area contributed by atoms with Crippen molar-refractivity contribution in [3.8, 4) is 0 Å². The van der Waals surface area contributed by atoms with Gasteiger partial charge < -0.3 is 10.2 Å². The Balaban J connectivity index is 1.76. The van der Waals surface area contributed by atoms with E-state index < -0.39 is 10.0 Å². The van der Waals surface area contributed by atoms with E-state index >= 15 is 0 Å². The van der Waals surface area contributed by atoms with Crippen molar-refractivity contribution in [2.24, 2.45) is 17.8 Å². The molecule has 0 aliphatic carbocycles. The maximum atomic E-state index is 12.5. The second kappa shape index (κ2) is 8.82. The third-order valence-corrected chi connectivity index (χ3v) is 7.33. The molecule has 2 saturated heterocycles. The van der Waals surface area contributed by atoms with Crippen molar-refractivity contribution < 1.29 is 13.2 Å². The smallest absolute Gasteiger partial charge is 0.223 e. The maximum absolute atomic E-state index is 12.5. The van der Waals surface area contributed by atoms with Crippen LogP contribution in [-0.4, -0.2) is 68.0 Å². The lowest BCUT2D eigenvalue weighted by Crippen LogP contribution is -2.49. The largest absolute Gasteiger partial charge is 0.352 e. The molecule has 0 radical (unpaired) electrons. The summed E-state index contributed by atoms with van der Waals surface area (Å²) in [5.74, 6) is 1.59. The van der Waals surface area contributed by atoms with Gasteiger partial charge in [0.1, 0.15) is 0 Å². The molecule has 3 atom stereocenters. The molecule has 0 aromatic heterocycles. The van der Waals surface area contributed by atoms with E-state index in [1.807, 2.05) is 0 Å². The van der Waals surface area contributed by atoms with Crippen LogP contribution >= 0.6 is 0 Å². The highest BCUT2D eigenvalue weighted by molar-refractivity contribution is 7.89. The zero-order valence-electron chi connectivity index (χ0n) is 16.2. The maximum Gasteiger partial charge on any atom is 0.223 e. The summed E-state index contributed by atoms with van der Waals surface area (Å²) in [6, 6.07) is 0.127. The van der Waals surface area contributed by atoms with Crippen molar-refractivity contribution >= 4 is 15.9 Å². The van der Waals surface area contributed by atoms with Crippen LogP contribution in [0.4, 0.5) is 0 Å². The zero-order valence-corrected chi connectivity index (χ0v) is 17.0. The number of rotatable bonds is 6. The van der Waals surface area contributed by atoms with E-state index in [-0.39, 0.29) is 23.6 Å². The summed E-state index contributed by atoms with van der Waals surface area (Å²) in [5.41, 5.74) is 0. The molecule has 0 spiro atoms. The summed E-state index contributed by atoms with van der Waals surface area (Å²) in [5, 5.41) is 3.15. The Bertz CT molecular complexity index is 534. The number of amides is 1. The van der Waals surface area contributed by atoms with Crippen molar-refractivity contribution in [3.63, 3.8) is 0 Å². The van der Waals surface area contributed by atoms with Crippen molar-refractivity contribution in [3.05, 3.63) is 0 Å². The Morgan fingerprint density at radius 2 is 1.72 bits per heavy atom. The fraction of sp³-hybridized carbons (Fsp3) is 0.944. The van der Waals surface area contributed by atoms with Crippen LogP contribution < -0.4 is 5.32 Å². The monoisotopic (exact) mass is 373 g/mol. The van der Waals surface area contributed by atoms with Crippen molar-refractivity contribution in [1.82, 2.24) is 14.5 Å². The molecule has 1 amide bonds. The van der Waals surface area contributed by atoms with E-state index in [1.165, 1.54) is 10.7 Å². The minimum atomic E-state index is -3.13. The average molecular weight is 374 g/mol. The zero-order chi connectivity index (χ0) is 18.6. The number of hydrogen-bond donors (Lipinski definition) is 1. The molecule has 2 heterocycles. The number of likely N-dealkylation sites (tertiary alicyclic amines) is 1. The fourth-order valence-corrected chi connectivity index (χ4v) is 5.45. The predicted molar refractivity (Wildman–Crippen MR) is 101 cm³/mol. The second-order valence-corrected chi connectivity index (χ2v) is 10.4. The summed E-state index contributed by atoms with van der Waals surface area (Å²) in [7, 11) is -3.13. The molecule has 0 unspecified atom stereocenters. The summed E-state index contributed by atoms with van der Waals surface area (Å²) in [4.78, 5) is 15.0. The van der Waals surface area contributed by atoms with E-state index in [4.69, 9.17) is 0 Å². The van der Waals surface area contributed by atoms with Gasteiger partial charge in [0, 0.05) is 44.7 Å². The number of nitrogens with zero attached hydrogens (tertiary/aromatic N) is 2. The third kappa shape index (κ3) is 5.93. The van der Waals surface area contributed by atoms with Gasteiger partial charge in [-0.1, -0.05) is 13.8 Å². The Labute approximate surface area is 153 Å². The Hall–Kier alpha value is -0.660. The minimum absolute atomic E-state index is 0.0649. The Kier molecular flexibility index (Phi) is 7.29. The lowest BCUT2D eigenvalue weighted by molar-refractivity contribution is -0.126. The average Bonchev–Trinajstić information content (AvgIpc) is 2.53. The Morgan fingerprint density at radius 1 is 1.16 bits per heavy atom. The van der Waals surface area contributed by atoms with Gasteiger partial charge in [-0.3, -0.25) is 4.79 Å². The Morgan fingerprint density at radius 3 is 2.24 bits per heavy atom. The van der Waals surface area contributed by atoms with Crippen LogP contribution in [0.15, 0.2) is 0 Å². The SMILES string of the molecule is CCS(=O)(=O)N1CCC(C(=O)N[C@H](C)CN2C[C@@H](C)C[C@H](C)C2)CC1. The molecule has 25 heavy (non-hydrogen) atoms. The summed E-state index contributed by atoms with van der Waals surface area (Å²) < 4.78 is 25.3. The molecular weight excluding hydrogens is 338 g/mol. The van der Waals surface area contributed by atoms with E-state index in [0.29, 0.717) is 25.9 Å². The standard InChI is InChI=1S/C18H35N3O3S/c1-5-25(23,24)21-8-6-17(7-9-21)18(22)19-16(4)13-20-11-14(2)10-15(3)12-20/h14-17H,5-13H2,1-4H3,(H,19,22)/t14-,15-,16+/m0/s1. The lowest BCUT2D eigenvalue weighted by Gasteiger charge is -2.37. The number of sulfonamides is 1. The molecule has 0 aromatic rings. The molecular formula is C18H35N3O3S. The molecule has 0 aromatic carbocycles. The van der Waals surface area contributed by atoms with Gasteiger partial charge >= 0.3 is 0 Å². The van der Waals surface area contributed by atoms with Gasteiger partial charge in [-0.2, -0.15) is 0 Å². The van der Waals surface area contributed by atoms with Crippen LogP contribution in [0.25, 0.3) is 0 Å². The first kappa shape index (κ1) is 20.6. The van der Waals surface area contributed by atoms with Crippen LogP contribution in [-0.2, 0) is 14.8 Å². The highest BCUT2D eigenvalue weighted by Gasteiger charge is 2.31. The molecule has 6 nitrogen and oxygen atoms in total. The first-order chi connectivity index (χ1) is 11.7. The molecule has 2 rings (SSSR count). The molecule has 2 aliphatic rings. The summed E-state index contributed by atoms with van der Waals surface area (Å²) >= 11 is 0. The summed E-state index contributed by atoms with van der Waals surface area (Å²) in [6.07, 6.45) is 2.53. The minimum Gasteiger partial charge on any atom is -0.352 e. The predicted octanol–water partition coefficient (Wildman–Crippen LogP) is 1.53. The molecule has 0 bridgehead atoms. The normalized spacial score (nSPS) is 28.6. The number of carbonyl (C=O) groups is 1. The molecule has 1 N–H and O–H groups in total. The quantitative estimate of drug-likeness (QED) is 0.767. The van der Waals surface area contributed by atoms with Gasteiger partial charge in [0.15, 0.2) is 0 Å². The molecule has 2 fully saturated rings. The van der Waals surface area contributed by atoms with Crippen LogP contribution in [0.1, 0.15) is 47.0 Å². The highest BCUT2D eigenvalue weighted by atomic mass is 32.2. The van der Waals surface area contributed by atoms with Gasteiger partial charge in [-0.25, -0.2) is 12.7 Å². The van der Waals surface area contributed by atoms with E-state index in [1.54, 1.807) is 6.92 Å². The van der Waals surface area contributed by atoms with Gasteiger partial charge in [0.2, 0.25) is 15.9 Å². The fourth-order valence-electron chi connectivity index (χ4n) is 4.31. The molecule has 2 aliphatic heterocycles. The van der Waals surface area contributed by atoms with E-state index in [9.17, 15) is 13.2 Å². The molecule has 0 saturated carbocycles. The topological polar surface area (TPSA) is 69.7 Å². The van der Waals surface area contributed by atoms with Crippen LogP contribution in [0, 0.1) is 17.8 Å². The van der Waals surface area contributed by atoms with Crippen molar-refractivity contribution in [1.29, 1.82) is 0 Å². The van der Waals surface area contributed by atoms with Gasteiger partial charge in [-0.15, -0.1) is 0 Å². The lowest BCUT2D eigenvalue weighted by atomic mass is 9.91. The highest BCUT2D eigenvalue weighted by Crippen LogP contribution is 2.22. The number of nitrogens with one attached hydrogen (secondary N) is 1. The first-order valence-electron chi connectivity index (χ1n) is 9.71. The van der Waals surface area contributed by atoms with E-state index in [0.717, 1.165) is 31.5 Å². The van der Waals surface area contributed by atoms with Gasteiger partial charge in [-0.05, 0) is 44.9 Å². The van der Waals surface area contributed by atoms with E-state index in [2.05, 4.69) is 31.0 Å². The van der Waals surface area contributed by atoms with Crippen molar-refractivity contribution in [2.75, 3.05) is 38.5 Å². The number of piperidine rings is 2. The van der Waals surface area contributed by atoms with Crippen LogP contribution in [0.2, 0.25) is 0 Å². The van der Waals surface area contributed by atoms with Gasteiger partial charge in [0.25, 0.3) is 0 Å². The van der Waals surface area contributed by atoms with Crippen molar-refractivity contribution in [2.45, 2.75) is 53.0 Å². The van der Waals surface area contributed by atoms with Crippen LogP contribution in [0.3, 0.4) is 0 Å². The van der Waals surface area contributed by atoms with Crippen LogP contribution in [0.5, 0.6) is 0 Å². The third-order valence-electron chi connectivity index (χ3n) is 5.45. The number of carbonyl (C=O) groups excluding carboxylic acids is 1. The van der Waals surface area contributed by atoms with Gasteiger partial charge in [0.05, 0.1) is 5.75 Å². The number of hydrogen-bond acceptors (Lipinski definition) is 4. The molecule has 146 valence electrons. The second-order valence-electron chi connectivity index (χ2n) is 8.15. The molecule has 7 heteroatoms.